The number of halogens is 1. The fourth-order valence-electron chi connectivity index (χ4n) is 6.00. The van der Waals surface area contributed by atoms with Crippen LogP contribution in [-0.2, 0) is 28.4 Å². The fourth-order valence-corrected chi connectivity index (χ4v) is 6.00. The molecule has 4 heterocycles. The van der Waals surface area contributed by atoms with Gasteiger partial charge in [-0.25, -0.2) is 19.4 Å². The van der Waals surface area contributed by atoms with Gasteiger partial charge in [-0.15, -0.1) is 5.10 Å². The Morgan fingerprint density at radius 3 is 2.63 bits per heavy atom. The Balaban J connectivity index is 1.60. The van der Waals surface area contributed by atoms with Crippen molar-refractivity contribution in [3.05, 3.63) is 53.1 Å². The first-order valence-corrected chi connectivity index (χ1v) is 13.4. The van der Waals surface area contributed by atoms with Crippen LogP contribution in [-0.4, -0.2) is 71.9 Å². The van der Waals surface area contributed by atoms with E-state index in [-0.39, 0.29) is 24.1 Å². The molecule has 224 valence electrons. The molecule has 0 unspecified atom stereocenters. The van der Waals surface area contributed by atoms with Crippen LogP contribution >= 0.6 is 0 Å². The monoisotopic (exact) mass is 592 g/mol. The number of aryl methyl sites for hydroxylation is 2. The van der Waals surface area contributed by atoms with E-state index < -0.39 is 42.8 Å². The molecule has 0 aliphatic heterocycles. The molecule has 3 atom stereocenters. The molecule has 43 heavy (non-hydrogen) atoms. The molecule has 1 aliphatic carbocycles. The summed E-state index contributed by atoms with van der Waals surface area (Å²) in [7, 11) is 4.47. The number of imidazole rings is 1. The third-order valence-corrected chi connectivity index (χ3v) is 7.88. The highest BCUT2D eigenvalue weighted by Crippen LogP contribution is 2.43. The summed E-state index contributed by atoms with van der Waals surface area (Å²) in [6, 6.07) is 5.94. The molecule has 15 heteroatoms. The van der Waals surface area contributed by atoms with Crippen LogP contribution in [0.15, 0.2) is 41.5 Å². The topological polar surface area (TPSA) is 184 Å². The molecule has 14 nitrogen and oxygen atoms in total. The number of alkyl carbamates (subject to hydrolysis) is 1. The summed E-state index contributed by atoms with van der Waals surface area (Å²) in [6.45, 7) is -0.575. The van der Waals surface area contributed by atoms with Gasteiger partial charge >= 0.3 is 17.8 Å². The zero-order valence-corrected chi connectivity index (χ0v) is 23.5. The Bertz CT molecular complexity index is 1940. The number of nitrogens with zero attached hydrogens (tertiary/aromatic N) is 5. The van der Waals surface area contributed by atoms with Gasteiger partial charge < -0.3 is 30.6 Å². The first kappa shape index (κ1) is 28.0. The predicted molar refractivity (Wildman–Crippen MR) is 154 cm³/mol. The molecule has 5 aromatic rings. The molecule has 6 rings (SSSR count). The number of methoxy groups -OCH3 is 1. The number of hydrogen-bond acceptors (Lipinski definition) is 8. The molecule has 0 bridgehead atoms. The van der Waals surface area contributed by atoms with Crippen molar-refractivity contribution < 1.29 is 28.6 Å². The molecule has 0 spiro atoms. The van der Waals surface area contributed by atoms with E-state index in [0.717, 1.165) is 0 Å². The Morgan fingerprint density at radius 1 is 1.23 bits per heavy atom. The third-order valence-electron chi connectivity index (χ3n) is 7.88. The lowest BCUT2D eigenvalue weighted by Crippen LogP contribution is -2.41. The number of rotatable bonds is 7. The summed E-state index contributed by atoms with van der Waals surface area (Å²) < 4.78 is 29.9. The Kier molecular flexibility index (Phi) is 6.88. The highest BCUT2D eigenvalue weighted by molar-refractivity contribution is 6.14. The number of benzene rings is 1. The number of aliphatic carboxylic acids is 1. The SMILES string of the molecule is COC(=O)N[C@H]1C[C@H](n2c(=O)n(C)c3cnc4[nH]c(-c5cn(C)nc5F)c(-c5ccc(N)cc5)c4c32)C[C@H]1OCC(=O)O. The Hall–Kier alpha value is -5.18. The van der Waals surface area contributed by atoms with E-state index in [1.54, 1.807) is 43.2 Å². The van der Waals surface area contributed by atoms with Gasteiger partial charge in [0.05, 0.1) is 53.1 Å². The molecule has 0 radical (unpaired) electrons. The number of carboxylic acids is 1. The van der Waals surface area contributed by atoms with Gasteiger partial charge in [0, 0.05) is 37.6 Å². The number of aromatic amines is 1. The second kappa shape index (κ2) is 10.6. The van der Waals surface area contributed by atoms with Crippen molar-refractivity contribution in [2.24, 2.45) is 14.1 Å². The number of aromatic nitrogens is 6. The van der Waals surface area contributed by atoms with Crippen LogP contribution < -0.4 is 16.7 Å². The zero-order chi connectivity index (χ0) is 30.6. The van der Waals surface area contributed by atoms with Crippen LogP contribution in [0.1, 0.15) is 18.9 Å². The molecule has 5 N–H and O–H groups in total. The summed E-state index contributed by atoms with van der Waals surface area (Å²) in [5, 5.41) is 16.4. The van der Waals surface area contributed by atoms with Gasteiger partial charge in [-0.2, -0.15) is 4.39 Å². The maximum absolute atomic E-state index is 15.1. The van der Waals surface area contributed by atoms with Crippen LogP contribution in [0.2, 0.25) is 0 Å². The summed E-state index contributed by atoms with van der Waals surface area (Å²) >= 11 is 0. The Labute approximate surface area is 242 Å². The van der Waals surface area contributed by atoms with E-state index >= 15 is 4.39 Å². The molecule has 1 amide bonds. The van der Waals surface area contributed by atoms with Crippen molar-refractivity contribution in [1.82, 2.24) is 34.2 Å². The minimum Gasteiger partial charge on any atom is -0.480 e. The highest BCUT2D eigenvalue weighted by atomic mass is 19.1. The summed E-state index contributed by atoms with van der Waals surface area (Å²) in [6.07, 6.45) is 2.21. The van der Waals surface area contributed by atoms with Gasteiger partial charge in [0.2, 0.25) is 5.95 Å². The average Bonchev–Trinajstić information content (AvgIpc) is 3.70. The van der Waals surface area contributed by atoms with Crippen LogP contribution in [0.25, 0.3) is 44.5 Å². The summed E-state index contributed by atoms with van der Waals surface area (Å²) in [4.78, 5) is 45.1. The number of pyridine rings is 1. The molecule has 0 saturated heterocycles. The number of ether oxygens (including phenoxy) is 2. The average molecular weight is 593 g/mol. The van der Waals surface area contributed by atoms with E-state index in [0.29, 0.717) is 44.6 Å². The molecule has 4 aromatic heterocycles. The number of fused-ring (bicyclic) bond motifs is 3. The van der Waals surface area contributed by atoms with Crippen molar-refractivity contribution in [2.75, 3.05) is 19.5 Å². The number of carbonyl (C=O) groups excluding carboxylic acids is 1. The first-order valence-electron chi connectivity index (χ1n) is 13.4. The van der Waals surface area contributed by atoms with Crippen molar-refractivity contribution in [3.63, 3.8) is 0 Å². The van der Waals surface area contributed by atoms with Crippen LogP contribution in [0.4, 0.5) is 14.9 Å². The lowest BCUT2D eigenvalue weighted by atomic mass is 9.99. The quantitative estimate of drug-likeness (QED) is 0.206. The standard InChI is InChI=1S/C28H29FN8O6/c1-35-11-16(25(29)34-35)23-21(13-4-6-14(30)7-5-13)22-24-18(10-31-26(22)33-23)36(2)28(41)37(24)15-8-17(32-27(40)42-3)19(9-15)43-12-20(38)39/h4-7,10-11,15,17,19H,8-9,12,30H2,1-3H3,(H,31,33)(H,32,40)(H,38,39)/t15-,17-,19+/m0/s1. The largest absolute Gasteiger partial charge is 0.480 e. The smallest absolute Gasteiger partial charge is 0.407 e. The minimum absolute atomic E-state index is 0.218. The predicted octanol–water partition coefficient (Wildman–Crippen LogP) is 2.53. The molecule has 1 aliphatic rings. The van der Waals surface area contributed by atoms with E-state index in [4.69, 9.17) is 15.2 Å². The van der Waals surface area contributed by atoms with Crippen LogP contribution in [0, 0.1) is 5.95 Å². The van der Waals surface area contributed by atoms with Crippen LogP contribution in [0.5, 0.6) is 0 Å². The normalized spacial score (nSPS) is 18.5. The van der Waals surface area contributed by atoms with Gasteiger partial charge in [0.25, 0.3) is 0 Å². The van der Waals surface area contributed by atoms with Crippen molar-refractivity contribution in [1.29, 1.82) is 0 Å². The second-order valence-corrected chi connectivity index (χ2v) is 10.5. The highest BCUT2D eigenvalue weighted by Gasteiger charge is 2.40. The maximum atomic E-state index is 15.1. The van der Waals surface area contributed by atoms with E-state index in [1.807, 2.05) is 12.1 Å². The van der Waals surface area contributed by atoms with Gasteiger partial charge in [-0.05, 0) is 30.5 Å². The second-order valence-electron chi connectivity index (χ2n) is 10.5. The van der Waals surface area contributed by atoms with E-state index in [9.17, 15) is 19.5 Å². The number of nitrogens with two attached hydrogens (primary N) is 1. The Morgan fingerprint density at radius 2 is 1.98 bits per heavy atom. The number of nitrogens with one attached hydrogen (secondary N) is 2. The zero-order valence-electron chi connectivity index (χ0n) is 23.5. The van der Waals surface area contributed by atoms with E-state index in [2.05, 4.69) is 20.4 Å². The van der Waals surface area contributed by atoms with Gasteiger partial charge in [0.1, 0.15) is 12.3 Å². The van der Waals surface area contributed by atoms with Gasteiger partial charge in [-0.3, -0.25) is 13.8 Å². The summed E-state index contributed by atoms with van der Waals surface area (Å²) in [5.41, 5.74) is 9.60. The number of H-pyrrole nitrogens is 1. The lowest BCUT2D eigenvalue weighted by Gasteiger charge is -2.19. The number of carboxylic acid groups (broad SMARTS) is 1. The van der Waals surface area contributed by atoms with Crippen LogP contribution in [0.3, 0.4) is 0 Å². The maximum Gasteiger partial charge on any atom is 0.407 e. The molecular weight excluding hydrogens is 563 g/mol. The van der Waals surface area contributed by atoms with Crippen molar-refractivity contribution in [2.45, 2.75) is 31.0 Å². The number of carbonyl (C=O) groups is 2. The minimum atomic E-state index is -1.16. The van der Waals surface area contributed by atoms with Gasteiger partial charge in [-0.1, -0.05) is 12.1 Å². The number of anilines is 1. The fraction of sp³-hybridized carbons (Fsp3) is 0.321. The third kappa shape index (κ3) is 4.76. The molecule has 1 aromatic carbocycles. The number of amides is 1. The van der Waals surface area contributed by atoms with Crippen molar-refractivity contribution >= 4 is 39.8 Å². The van der Waals surface area contributed by atoms with Gasteiger partial charge in [0.15, 0.2) is 0 Å². The molecule has 1 fully saturated rings. The summed E-state index contributed by atoms with van der Waals surface area (Å²) in [5.74, 6) is -1.84. The van der Waals surface area contributed by atoms with E-state index in [1.165, 1.54) is 16.4 Å². The first-order chi connectivity index (χ1) is 20.6. The number of hydrogen-bond donors (Lipinski definition) is 4. The number of nitrogen functional groups attached to an aromatic ring is 1. The molecule has 1 saturated carbocycles. The molecular formula is C28H29FN8O6. The van der Waals surface area contributed by atoms with Crippen molar-refractivity contribution in [3.8, 4) is 22.4 Å². The lowest BCUT2D eigenvalue weighted by molar-refractivity contribution is -0.144.